The first kappa shape index (κ1) is 17.4. The van der Waals surface area contributed by atoms with E-state index in [4.69, 9.17) is 4.74 Å². The zero-order valence-electron chi connectivity index (χ0n) is 14.2. The molecule has 0 unspecified atom stereocenters. The van der Waals surface area contributed by atoms with Crippen molar-refractivity contribution >= 4 is 17.7 Å². The molecule has 2 fully saturated rings. The van der Waals surface area contributed by atoms with Crippen LogP contribution in [-0.4, -0.2) is 54.5 Å². The molecule has 2 N–H and O–H groups in total. The molecule has 7 heteroatoms. The molecule has 0 aromatic heterocycles. The third-order valence-corrected chi connectivity index (χ3v) is 4.63. The number of piperidine rings is 1. The molecule has 1 aromatic carbocycles. The Bertz CT molecular complexity index is 641. The molecule has 2 atom stereocenters. The van der Waals surface area contributed by atoms with Gasteiger partial charge in [0.1, 0.15) is 6.61 Å². The van der Waals surface area contributed by atoms with Crippen LogP contribution in [0.25, 0.3) is 0 Å². The summed E-state index contributed by atoms with van der Waals surface area (Å²) >= 11 is 0. The van der Waals surface area contributed by atoms with Crippen molar-refractivity contribution in [3.63, 3.8) is 0 Å². The standard InChI is InChI=1S/C18H23N3O4/c1-12(22)19-14-7-9-21(10-8-14)18(24)17-16(20-15(23)11-25-17)13-5-3-2-4-6-13/h2-6,14,16-17H,7-11H2,1H3,(H,19,22)(H,20,23)/t16-,17+/m1/s1. The van der Waals surface area contributed by atoms with Crippen LogP contribution in [0.1, 0.15) is 31.4 Å². The first-order chi connectivity index (χ1) is 12.0. The van der Waals surface area contributed by atoms with Gasteiger partial charge in [-0.05, 0) is 18.4 Å². The number of nitrogens with one attached hydrogen (secondary N) is 2. The quantitative estimate of drug-likeness (QED) is 0.829. The summed E-state index contributed by atoms with van der Waals surface area (Å²) in [7, 11) is 0. The van der Waals surface area contributed by atoms with Crippen molar-refractivity contribution in [2.24, 2.45) is 0 Å². The number of benzene rings is 1. The molecule has 1 aromatic rings. The lowest BCUT2D eigenvalue weighted by atomic mass is 9.97. The Morgan fingerprint density at radius 1 is 1.20 bits per heavy atom. The summed E-state index contributed by atoms with van der Waals surface area (Å²) in [5.74, 6) is -0.385. The summed E-state index contributed by atoms with van der Waals surface area (Å²) < 4.78 is 5.59. The molecule has 3 amide bonds. The lowest BCUT2D eigenvalue weighted by molar-refractivity contribution is -0.156. The van der Waals surface area contributed by atoms with Gasteiger partial charge in [0, 0.05) is 26.1 Å². The Labute approximate surface area is 146 Å². The first-order valence-corrected chi connectivity index (χ1v) is 8.56. The van der Waals surface area contributed by atoms with Gasteiger partial charge in [-0.2, -0.15) is 0 Å². The molecule has 7 nitrogen and oxygen atoms in total. The van der Waals surface area contributed by atoms with Crippen molar-refractivity contribution in [3.8, 4) is 0 Å². The van der Waals surface area contributed by atoms with Gasteiger partial charge in [-0.15, -0.1) is 0 Å². The third-order valence-electron chi connectivity index (χ3n) is 4.63. The number of nitrogens with zero attached hydrogens (tertiary/aromatic N) is 1. The van der Waals surface area contributed by atoms with Crippen molar-refractivity contribution in [1.82, 2.24) is 15.5 Å². The van der Waals surface area contributed by atoms with Gasteiger partial charge >= 0.3 is 0 Å². The average molecular weight is 345 g/mol. The largest absolute Gasteiger partial charge is 0.356 e. The van der Waals surface area contributed by atoms with E-state index >= 15 is 0 Å². The minimum atomic E-state index is -0.725. The number of carbonyl (C=O) groups is 3. The maximum Gasteiger partial charge on any atom is 0.254 e. The van der Waals surface area contributed by atoms with Gasteiger partial charge in [-0.3, -0.25) is 14.4 Å². The number of ether oxygens (including phenoxy) is 1. The Kier molecular flexibility index (Phi) is 5.33. The van der Waals surface area contributed by atoms with Gasteiger partial charge in [-0.25, -0.2) is 0 Å². The normalized spacial score (nSPS) is 24.5. The fraction of sp³-hybridized carbons (Fsp3) is 0.500. The summed E-state index contributed by atoms with van der Waals surface area (Å²) in [4.78, 5) is 37.6. The van der Waals surface area contributed by atoms with Crippen LogP contribution in [0.2, 0.25) is 0 Å². The van der Waals surface area contributed by atoms with Crippen molar-refractivity contribution in [3.05, 3.63) is 35.9 Å². The van der Waals surface area contributed by atoms with Crippen LogP contribution < -0.4 is 10.6 Å². The van der Waals surface area contributed by atoms with E-state index in [2.05, 4.69) is 10.6 Å². The SMILES string of the molecule is CC(=O)NC1CCN(C(=O)[C@H]2OCC(=O)N[C@@H]2c2ccccc2)CC1. The van der Waals surface area contributed by atoms with Crippen LogP contribution in [0.5, 0.6) is 0 Å². The van der Waals surface area contributed by atoms with Crippen LogP contribution in [0.3, 0.4) is 0 Å². The maximum absolute atomic E-state index is 12.9. The molecule has 0 aliphatic carbocycles. The van der Waals surface area contributed by atoms with Crippen molar-refractivity contribution in [1.29, 1.82) is 0 Å². The number of amides is 3. The van der Waals surface area contributed by atoms with Crippen molar-refractivity contribution in [2.75, 3.05) is 19.7 Å². The summed E-state index contributed by atoms with van der Waals surface area (Å²) in [5.41, 5.74) is 0.849. The molecule has 0 saturated carbocycles. The van der Waals surface area contributed by atoms with E-state index in [1.54, 1.807) is 4.90 Å². The Hall–Kier alpha value is -2.41. The number of hydrogen-bond acceptors (Lipinski definition) is 4. The van der Waals surface area contributed by atoms with E-state index in [-0.39, 0.29) is 30.4 Å². The Balaban J connectivity index is 1.67. The highest BCUT2D eigenvalue weighted by Crippen LogP contribution is 2.25. The number of morpholine rings is 1. The van der Waals surface area contributed by atoms with Crippen LogP contribution >= 0.6 is 0 Å². The van der Waals surface area contributed by atoms with Gasteiger partial charge in [0.2, 0.25) is 11.8 Å². The number of likely N-dealkylation sites (tertiary alicyclic amines) is 1. The zero-order valence-corrected chi connectivity index (χ0v) is 14.2. The van der Waals surface area contributed by atoms with Crippen molar-refractivity contribution < 1.29 is 19.1 Å². The molecule has 2 saturated heterocycles. The molecule has 3 rings (SSSR count). The fourth-order valence-electron chi connectivity index (χ4n) is 3.40. The molecule has 134 valence electrons. The van der Waals surface area contributed by atoms with E-state index in [1.807, 2.05) is 30.3 Å². The van der Waals surface area contributed by atoms with Gasteiger partial charge in [0.05, 0.1) is 6.04 Å². The summed E-state index contributed by atoms with van der Waals surface area (Å²) in [6.07, 6.45) is 0.721. The molecule has 2 aliphatic rings. The molecular weight excluding hydrogens is 322 g/mol. The molecular formula is C18H23N3O4. The van der Waals surface area contributed by atoms with Gasteiger partial charge in [-0.1, -0.05) is 30.3 Å². The lowest BCUT2D eigenvalue weighted by Gasteiger charge is -2.38. The van der Waals surface area contributed by atoms with E-state index in [1.165, 1.54) is 6.92 Å². The highest BCUT2D eigenvalue weighted by atomic mass is 16.5. The highest BCUT2D eigenvalue weighted by Gasteiger charge is 2.39. The number of rotatable bonds is 3. The van der Waals surface area contributed by atoms with Crippen LogP contribution in [0.4, 0.5) is 0 Å². The zero-order chi connectivity index (χ0) is 17.8. The molecule has 0 spiro atoms. The third kappa shape index (κ3) is 4.17. The van der Waals surface area contributed by atoms with Gasteiger partial charge in [0.15, 0.2) is 6.10 Å². The van der Waals surface area contributed by atoms with E-state index in [0.29, 0.717) is 13.1 Å². The number of hydrogen-bond donors (Lipinski definition) is 2. The predicted octanol–water partition coefficient (Wildman–Crippen LogP) is 0.370. The smallest absolute Gasteiger partial charge is 0.254 e. The first-order valence-electron chi connectivity index (χ1n) is 8.56. The summed E-state index contributed by atoms with van der Waals surface area (Å²) in [6.45, 7) is 2.53. The minimum Gasteiger partial charge on any atom is -0.356 e. The van der Waals surface area contributed by atoms with E-state index in [0.717, 1.165) is 18.4 Å². The molecule has 2 heterocycles. The Morgan fingerprint density at radius 2 is 1.88 bits per heavy atom. The number of carbonyl (C=O) groups excluding carboxylic acids is 3. The predicted molar refractivity (Wildman–Crippen MR) is 90.5 cm³/mol. The molecule has 0 bridgehead atoms. The highest BCUT2D eigenvalue weighted by molar-refractivity contribution is 5.86. The summed E-state index contributed by atoms with van der Waals surface area (Å²) in [5, 5.41) is 5.77. The monoisotopic (exact) mass is 345 g/mol. The van der Waals surface area contributed by atoms with Crippen LogP contribution in [-0.2, 0) is 19.1 Å². The Morgan fingerprint density at radius 3 is 2.52 bits per heavy atom. The minimum absolute atomic E-state index is 0.0488. The summed E-state index contributed by atoms with van der Waals surface area (Å²) in [6, 6.07) is 9.01. The second-order valence-corrected chi connectivity index (χ2v) is 6.49. The maximum atomic E-state index is 12.9. The topological polar surface area (TPSA) is 87.7 Å². The average Bonchev–Trinajstić information content (AvgIpc) is 2.62. The second kappa shape index (κ2) is 7.65. The van der Waals surface area contributed by atoms with Gasteiger partial charge < -0.3 is 20.3 Å². The molecule has 0 radical (unpaired) electrons. The lowest BCUT2D eigenvalue weighted by Crippen LogP contribution is -2.55. The fourth-order valence-corrected chi connectivity index (χ4v) is 3.40. The van der Waals surface area contributed by atoms with Crippen molar-refractivity contribution in [2.45, 2.75) is 38.0 Å². The van der Waals surface area contributed by atoms with Crippen LogP contribution in [0, 0.1) is 0 Å². The van der Waals surface area contributed by atoms with Gasteiger partial charge in [0.25, 0.3) is 5.91 Å². The van der Waals surface area contributed by atoms with E-state index < -0.39 is 12.1 Å². The molecule has 2 aliphatic heterocycles. The van der Waals surface area contributed by atoms with E-state index in [9.17, 15) is 14.4 Å². The molecule has 25 heavy (non-hydrogen) atoms. The van der Waals surface area contributed by atoms with Crippen LogP contribution in [0.15, 0.2) is 30.3 Å². The second-order valence-electron chi connectivity index (χ2n) is 6.49.